The average Bonchev–Trinajstić information content (AvgIpc) is 1.60. The Bertz CT molecular complexity index is 9900. The summed E-state index contributed by atoms with van der Waals surface area (Å²) < 4.78 is 38.6. The Morgan fingerprint density at radius 1 is 0.0867 bits per heavy atom. The zero-order valence-corrected chi connectivity index (χ0v) is 81.2. The number of hydrogen-bond acceptors (Lipinski definition) is 12. The Balaban J connectivity index is 0.000000111. The molecule has 0 N–H and O–H groups in total. The third kappa shape index (κ3) is 16.8. The van der Waals surface area contributed by atoms with Gasteiger partial charge in [0.05, 0.1) is 0 Å². The van der Waals surface area contributed by atoms with Gasteiger partial charge in [0.1, 0.15) is 67.0 Å². The van der Waals surface area contributed by atoms with E-state index in [0.717, 1.165) is 234 Å². The summed E-state index contributed by atoms with van der Waals surface area (Å²) in [6, 6.07) is 194. The van der Waals surface area contributed by atoms with Crippen LogP contribution in [0.15, 0.2) is 585 Å². The number of para-hydroxylation sites is 10. The second-order valence-corrected chi connectivity index (χ2v) is 37.4. The molecule has 29 aromatic rings. The van der Waals surface area contributed by atoms with Gasteiger partial charge in [0.25, 0.3) is 0 Å². The van der Waals surface area contributed by atoms with Gasteiger partial charge < -0.3 is 55.9 Å². The van der Waals surface area contributed by atoms with Gasteiger partial charge in [-0.05, 0) is 277 Å². The lowest BCUT2D eigenvalue weighted by Gasteiger charge is -2.26. The van der Waals surface area contributed by atoms with Crippen molar-refractivity contribution < 1.29 is 26.5 Å². The van der Waals surface area contributed by atoms with E-state index >= 15 is 0 Å². The maximum atomic E-state index is 6.57. The van der Waals surface area contributed by atoms with E-state index < -0.39 is 0 Å². The van der Waals surface area contributed by atoms with E-state index in [9.17, 15) is 0 Å². The molecule has 0 amide bonds. The molecule has 0 saturated heterocycles. The van der Waals surface area contributed by atoms with Gasteiger partial charge in [0.2, 0.25) is 0 Å². The number of fused-ring (bicyclic) bond motifs is 18. The van der Waals surface area contributed by atoms with Crippen molar-refractivity contribution in [1.29, 1.82) is 0 Å². The summed E-state index contributed by atoms with van der Waals surface area (Å²) in [5.41, 5.74) is 33.9. The Morgan fingerprint density at radius 2 is 0.227 bits per heavy atom. The molecule has 0 bridgehead atoms. The smallest absolute Gasteiger partial charge is 0.137 e. The Kier molecular flexibility index (Phi) is 22.7. The highest BCUT2D eigenvalue weighted by atomic mass is 16.3. The van der Waals surface area contributed by atoms with Crippen molar-refractivity contribution in [3.05, 3.63) is 558 Å². The predicted octanol–water partition coefficient (Wildman–Crippen LogP) is 40.6. The molecule has 6 heterocycles. The van der Waals surface area contributed by atoms with Crippen LogP contribution in [-0.4, -0.2) is 0 Å². The fourth-order valence-electron chi connectivity index (χ4n) is 21.2. The van der Waals surface area contributed by atoms with Gasteiger partial charge in [-0.15, -0.1) is 0 Å². The third-order valence-electron chi connectivity index (χ3n) is 28.3. The minimum Gasteiger partial charge on any atom is -0.456 e. The molecular weight excluding hydrogens is 1840 g/mol. The molecule has 0 radical (unpaired) electrons. The van der Waals surface area contributed by atoms with E-state index in [0.29, 0.717) is 0 Å². The largest absolute Gasteiger partial charge is 0.456 e. The molecule has 0 fully saturated rings. The SMILES string of the molecule is c1ccc(-c2ccc(N(c3ccc4c(c3)oc3ccccc34)c3ccc4oc5cc(N(c6ccccc6)c6ccccc6)ccc5c4c3)cc2)cc1.c1ccc(-c2ccc(N(c3ccccc3)c3ccc4c(c3)oc3ccc(N(c5ccccc5)c5ccc6c(c5)oc5ccccc56)cc34)cc2)cc1.c1ccc(N(c2ccccc2)c2ccc3c(c2)oc2ccc(N(c4ccccc4)c4ccc5c(c4)oc4ccccc45)cc23)cc1. The van der Waals surface area contributed by atoms with Gasteiger partial charge in [0.15, 0.2) is 0 Å². The first-order valence-electron chi connectivity index (χ1n) is 50.4. The number of anilines is 18. The maximum Gasteiger partial charge on any atom is 0.137 e. The third-order valence-corrected chi connectivity index (χ3v) is 28.3. The van der Waals surface area contributed by atoms with Gasteiger partial charge in [-0.25, -0.2) is 0 Å². The minimum atomic E-state index is 0.835. The molecule has 0 unspecified atom stereocenters. The Labute approximate surface area is 864 Å². The number of rotatable bonds is 20. The molecule has 23 aromatic carbocycles. The summed E-state index contributed by atoms with van der Waals surface area (Å²) in [5.74, 6) is 0. The van der Waals surface area contributed by atoms with Crippen LogP contribution in [0.2, 0.25) is 0 Å². The molecule has 0 aliphatic carbocycles. The number of benzene rings is 23. The summed E-state index contributed by atoms with van der Waals surface area (Å²) >= 11 is 0. The van der Waals surface area contributed by atoms with Crippen LogP contribution in [0, 0.1) is 0 Å². The number of hydrogen-bond donors (Lipinski definition) is 0. The fourth-order valence-corrected chi connectivity index (χ4v) is 21.2. The summed E-state index contributed by atoms with van der Waals surface area (Å²) in [6.45, 7) is 0. The Hall–Kier alpha value is -20.3. The second-order valence-electron chi connectivity index (χ2n) is 37.4. The van der Waals surface area contributed by atoms with Crippen LogP contribution >= 0.6 is 0 Å². The van der Waals surface area contributed by atoms with E-state index in [1.54, 1.807) is 0 Å². The standard InChI is InChI=1S/2C48H32N2O2.C42H28N2O2/c1-4-12-33(13-5-1)34-20-22-37(23-21-34)49(35-14-6-2-7-15-35)39-25-28-43-44-30-38(26-29-46(44)52-48(43)31-39)50(36-16-8-3-9-17-36)40-24-27-42-41-18-10-11-19-45(41)51-47(42)32-40;1-4-12-33(13-5-1)34-20-22-37(23-21-34)50(40-24-27-42-41-18-10-11-19-45(41)51-47(42)32-40)38-26-29-46-44(30-38)43-28-25-39(31-48(43)52-46)49(35-14-6-2-7-15-35)36-16-8-3-9-17-36;1-4-12-29(13-5-1)43(30-14-6-2-7-15-30)33-21-24-37-38-26-32(22-25-40(38)46-42(37)27-33)44(31-16-8-3-9-17-31)34-20-23-36-35-18-10-11-19-39(35)45-41(36)28-34/h2*1-32H;1-28H. The Morgan fingerprint density at radius 3 is 0.447 bits per heavy atom. The fraction of sp³-hybridized carbons (Fsp3) is 0. The van der Waals surface area contributed by atoms with Crippen LogP contribution in [0.5, 0.6) is 0 Å². The van der Waals surface area contributed by atoms with Gasteiger partial charge in [0, 0.05) is 203 Å². The van der Waals surface area contributed by atoms with Crippen LogP contribution in [0.4, 0.5) is 102 Å². The highest BCUT2D eigenvalue weighted by Crippen LogP contribution is 2.50. The molecule has 0 atom stereocenters. The lowest BCUT2D eigenvalue weighted by molar-refractivity contribution is 0.668. The summed E-state index contributed by atoms with van der Waals surface area (Å²) in [5, 5.41) is 13.1. The summed E-state index contributed by atoms with van der Waals surface area (Å²) in [6.07, 6.45) is 0. The first kappa shape index (κ1) is 88.6. The molecule has 0 spiro atoms. The quantitative estimate of drug-likeness (QED) is 0.0727. The first-order valence-corrected chi connectivity index (χ1v) is 50.4. The van der Waals surface area contributed by atoms with Gasteiger partial charge in [-0.3, -0.25) is 0 Å². The van der Waals surface area contributed by atoms with Crippen molar-refractivity contribution in [3.8, 4) is 22.3 Å². The number of nitrogens with zero attached hydrogens (tertiary/aromatic N) is 6. The summed E-state index contributed by atoms with van der Waals surface area (Å²) in [7, 11) is 0. The van der Waals surface area contributed by atoms with Crippen LogP contribution in [0.25, 0.3) is 154 Å². The zero-order chi connectivity index (χ0) is 99.3. The van der Waals surface area contributed by atoms with Crippen LogP contribution in [0.3, 0.4) is 0 Å². The molecule has 29 rings (SSSR count). The molecule has 0 saturated carbocycles. The number of furan rings is 6. The molecule has 12 nitrogen and oxygen atoms in total. The van der Waals surface area contributed by atoms with Gasteiger partial charge in [-0.2, -0.15) is 0 Å². The minimum absolute atomic E-state index is 0.835. The van der Waals surface area contributed by atoms with Gasteiger partial charge in [-0.1, -0.05) is 267 Å². The molecule has 0 aliphatic heterocycles. The van der Waals surface area contributed by atoms with Crippen molar-refractivity contribution in [3.63, 3.8) is 0 Å². The average molecular weight is 1930 g/mol. The maximum absolute atomic E-state index is 6.57. The molecule has 710 valence electrons. The van der Waals surface area contributed by atoms with Crippen molar-refractivity contribution in [2.45, 2.75) is 0 Å². The van der Waals surface area contributed by atoms with E-state index in [-0.39, 0.29) is 0 Å². The molecule has 12 heteroatoms. The second kappa shape index (κ2) is 38.4. The van der Waals surface area contributed by atoms with Crippen molar-refractivity contribution in [2.75, 3.05) is 29.4 Å². The van der Waals surface area contributed by atoms with E-state index in [1.807, 2.05) is 91.0 Å². The summed E-state index contributed by atoms with van der Waals surface area (Å²) in [4.78, 5) is 13.6. The monoisotopic (exact) mass is 1930 g/mol. The first-order chi connectivity index (χ1) is 74.3. The normalized spacial score (nSPS) is 11.5. The topological polar surface area (TPSA) is 98.3 Å². The highest BCUT2D eigenvalue weighted by molar-refractivity contribution is 6.14. The van der Waals surface area contributed by atoms with Crippen LogP contribution < -0.4 is 29.4 Å². The zero-order valence-electron chi connectivity index (χ0n) is 81.2. The van der Waals surface area contributed by atoms with Crippen molar-refractivity contribution in [2.24, 2.45) is 0 Å². The molecular formula is C138H92N6O6. The lowest BCUT2D eigenvalue weighted by atomic mass is 10.0. The van der Waals surface area contributed by atoms with E-state index in [4.69, 9.17) is 26.5 Å². The predicted molar refractivity (Wildman–Crippen MR) is 622 cm³/mol. The molecule has 150 heavy (non-hydrogen) atoms. The highest BCUT2D eigenvalue weighted by Gasteiger charge is 2.27. The van der Waals surface area contributed by atoms with Crippen LogP contribution in [-0.2, 0) is 0 Å². The van der Waals surface area contributed by atoms with Gasteiger partial charge >= 0.3 is 0 Å². The van der Waals surface area contributed by atoms with Crippen molar-refractivity contribution in [1.82, 2.24) is 0 Å². The van der Waals surface area contributed by atoms with E-state index in [2.05, 4.69) is 497 Å². The lowest BCUT2D eigenvalue weighted by Crippen LogP contribution is -2.09. The van der Waals surface area contributed by atoms with E-state index in [1.165, 1.54) is 22.3 Å². The molecule has 0 aliphatic rings. The molecule has 6 aromatic heterocycles. The van der Waals surface area contributed by atoms with Crippen LogP contribution in [0.1, 0.15) is 0 Å². The van der Waals surface area contributed by atoms with Crippen molar-refractivity contribution >= 4 is 234 Å².